The summed E-state index contributed by atoms with van der Waals surface area (Å²) in [6.07, 6.45) is 1.69. The number of methoxy groups -OCH3 is 1. The lowest BCUT2D eigenvalue weighted by Gasteiger charge is -2.37. The molecule has 4 nitrogen and oxygen atoms in total. The fourth-order valence-corrected chi connectivity index (χ4v) is 5.56. The lowest BCUT2D eigenvalue weighted by Crippen LogP contribution is -2.41. The number of sulfonamides is 1. The van der Waals surface area contributed by atoms with Gasteiger partial charge in [-0.1, -0.05) is 52.4 Å². The van der Waals surface area contributed by atoms with Gasteiger partial charge in [-0.25, -0.2) is 8.42 Å². The van der Waals surface area contributed by atoms with E-state index < -0.39 is 10.0 Å². The van der Waals surface area contributed by atoms with Gasteiger partial charge in [0.2, 0.25) is 10.0 Å². The van der Waals surface area contributed by atoms with Gasteiger partial charge in [-0.2, -0.15) is 4.31 Å². The van der Waals surface area contributed by atoms with Crippen LogP contribution in [0.25, 0.3) is 0 Å². The molecule has 1 aliphatic heterocycles. The third-order valence-corrected chi connectivity index (χ3v) is 7.67. The van der Waals surface area contributed by atoms with E-state index in [9.17, 15) is 8.42 Å². The first-order valence-corrected chi connectivity index (χ1v) is 11.0. The zero-order chi connectivity index (χ0) is 18.0. The molecular formula is C19H22INO3S. The molecule has 0 spiro atoms. The average Bonchev–Trinajstić information content (AvgIpc) is 2.62. The molecule has 1 aliphatic rings. The van der Waals surface area contributed by atoms with Crippen LogP contribution in [0.5, 0.6) is 5.75 Å². The van der Waals surface area contributed by atoms with Crippen LogP contribution in [0.3, 0.4) is 0 Å². The Kier molecular flexibility index (Phi) is 5.70. The maximum atomic E-state index is 13.2. The fourth-order valence-electron chi connectivity index (χ4n) is 3.16. The summed E-state index contributed by atoms with van der Waals surface area (Å²) in [7, 11) is -1.89. The van der Waals surface area contributed by atoms with E-state index in [1.807, 2.05) is 43.3 Å². The molecule has 0 saturated carbocycles. The number of piperidine rings is 1. The highest BCUT2D eigenvalue weighted by atomic mass is 127. The molecule has 25 heavy (non-hydrogen) atoms. The number of rotatable bonds is 4. The van der Waals surface area contributed by atoms with Crippen LogP contribution in [0.2, 0.25) is 0 Å². The Morgan fingerprint density at radius 1 is 1.08 bits per heavy atom. The quantitative estimate of drug-likeness (QED) is 0.493. The molecule has 6 heteroatoms. The van der Waals surface area contributed by atoms with Crippen LogP contribution in [0.4, 0.5) is 0 Å². The van der Waals surface area contributed by atoms with E-state index in [0.717, 1.165) is 29.7 Å². The Morgan fingerprint density at radius 3 is 2.32 bits per heavy atom. The predicted octanol–water partition coefficient (Wildman–Crippen LogP) is 4.33. The second-order valence-corrected chi connectivity index (χ2v) is 9.99. The molecule has 2 aromatic rings. The SMILES string of the molecule is COc1ccc([C@@H]2C[C@@H](I)CCN2S(=O)(=O)c2ccc(C)cc2)cc1. The molecule has 0 bridgehead atoms. The second-order valence-electron chi connectivity index (χ2n) is 6.34. The summed E-state index contributed by atoms with van der Waals surface area (Å²) in [5.41, 5.74) is 2.06. The maximum Gasteiger partial charge on any atom is 0.243 e. The molecule has 0 unspecified atom stereocenters. The summed E-state index contributed by atoms with van der Waals surface area (Å²) >= 11 is 2.42. The molecule has 0 aliphatic carbocycles. The smallest absolute Gasteiger partial charge is 0.243 e. The molecule has 1 saturated heterocycles. The lowest BCUT2D eigenvalue weighted by atomic mass is 9.97. The van der Waals surface area contributed by atoms with E-state index >= 15 is 0 Å². The summed E-state index contributed by atoms with van der Waals surface area (Å²) < 4.78 is 33.8. The van der Waals surface area contributed by atoms with Crippen LogP contribution in [0, 0.1) is 6.92 Å². The second kappa shape index (κ2) is 7.63. The van der Waals surface area contributed by atoms with Crippen molar-refractivity contribution < 1.29 is 13.2 Å². The Hall–Kier alpha value is -1.12. The Labute approximate surface area is 163 Å². The average molecular weight is 471 g/mol. The number of aryl methyl sites for hydroxylation is 1. The molecule has 0 N–H and O–H groups in total. The summed E-state index contributed by atoms with van der Waals surface area (Å²) in [6, 6.07) is 14.7. The number of halogens is 1. The van der Waals surface area contributed by atoms with E-state index in [1.165, 1.54) is 0 Å². The van der Waals surface area contributed by atoms with Crippen molar-refractivity contribution in [2.45, 2.75) is 34.6 Å². The summed E-state index contributed by atoms with van der Waals surface area (Å²) in [4.78, 5) is 0.364. The van der Waals surface area contributed by atoms with Gasteiger partial charge in [-0.15, -0.1) is 0 Å². The van der Waals surface area contributed by atoms with Crippen molar-refractivity contribution >= 4 is 32.6 Å². The van der Waals surface area contributed by atoms with E-state index in [-0.39, 0.29) is 6.04 Å². The van der Waals surface area contributed by atoms with Crippen LogP contribution in [-0.2, 0) is 10.0 Å². The van der Waals surface area contributed by atoms with E-state index in [4.69, 9.17) is 4.74 Å². The summed E-state index contributed by atoms with van der Waals surface area (Å²) in [6.45, 7) is 2.50. The number of benzene rings is 2. The Bertz CT molecular complexity index is 819. The van der Waals surface area contributed by atoms with Gasteiger partial charge >= 0.3 is 0 Å². The van der Waals surface area contributed by atoms with Crippen molar-refractivity contribution in [1.82, 2.24) is 4.31 Å². The highest BCUT2D eigenvalue weighted by molar-refractivity contribution is 14.1. The van der Waals surface area contributed by atoms with Gasteiger partial charge in [0.05, 0.1) is 18.0 Å². The third-order valence-electron chi connectivity index (χ3n) is 4.62. The number of ether oxygens (including phenoxy) is 1. The van der Waals surface area contributed by atoms with Crippen molar-refractivity contribution in [2.24, 2.45) is 0 Å². The van der Waals surface area contributed by atoms with Gasteiger partial charge in [-0.3, -0.25) is 0 Å². The molecule has 0 aromatic heterocycles. The van der Waals surface area contributed by atoms with Crippen molar-refractivity contribution in [3.63, 3.8) is 0 Å². The lowest BCUT2D eigenvalue weighted by molar-refractivity contribution is 0.265. The van der Waals surface area contributed by atoms with Gasteiger partial charge in [0.25, 0.3) is 0 Å². The van der Waals surface area contributed by atoms with E-state index in [2.05, 4.69) is 22.6 Å². The zero-order valence-electron chi connectivity index (χ0n) is 14.4. The van der Waals surface area contributed by atoms with Crippen LogP contribution < -0.4 is 4.74 Å². The van der Waals surface area contributed by atoms with Crippen molar-refractivity contribution in [2.75, 3.05) is 13.7 Å². The highest BCUT2D eigenvalue weighted by Gasteiger charge is 2.37. The van der Waals surface area contributed by atoms with Crippen LogP contribution in [0.15, 0.2) is 53.4 Å². The largest absolute Gasteiger partial charge is 0.497 e. The first-order chi connectivity index (χ1) is 11.9. The normalized spacial score (nSPS) is 21.9. The molecule has 0 radical (unpaired) electrons. The Balaban J connectivity index is 1.97. The first kappa shape index (κ1) is 18.7. The minimum Gasteiger partial charge on any atom is -0.497 e. The monoisotopic (exact) mass is 471 g/mol. The molecular weight excluding hydrogens is 449 g/mol. The minimum atomic E-state index is -3.52. The number of hydrogen-bond acceptors (Lipinski definition) is 3. The van der Waals surface area contributed by atoms with E-state index in [0.29, 0.717) is 15.4 Å². The first-order valence-electron chi connectivity index (χ1n) is 8.28. The van der Waals surface area contributed by atoms with Gasteiger partial charge in [-0.05, 0) is 49.6 Å². The minimum absolute atomic E-state index is 0.146. The number of alkyl halides is 1. The summed E-state index contributed by atoms with van der Waals surface area (Å²) in [5.74, 6) is 0.776. The fraction of sp³-hybridized carbons (Fsp3) is 0.368. The number of nitrogens with zero attached hydrogens (tertiary/aromatic N) is 1. The predicted molar refractivity (Wildman–Crippen MR) is 108 cm³/mol. The summed E-state index contributed by atoms with van der Waals surface area (Å²) in [5, 5.41) is 0. The Morgan fingerprint density at radius 2 is 1.72 bits per heavy atom. The zero-order valence-corrected chi connectivity index (χ0v) is 17.3. The standard InChI is InChI=1S/C19H22INO3S/c1-14-3-9-18(10-4-14)25(22,23)21-12-11-16(20)13-19(21)15-5-7-17(24-2)8-6-15/h3-10,16,19H,11-13H2,1-2H3/t16-,19-/m0/s1. The molecule has 0 amide bonds. The topological polar surface area (TPSA) is 46.6 Å². The maximum absolute atomic E-state index is 13.2. The van der Waals surface area contributed by atoms with Crippen LogP contribution in [-0.4, -0.2) is 30.3 Å². The molecule has 134 valence electrons. The van der Waals surface area contributed by atoms with Gasteiger partial charge in [0, 0.05) is 10.5 Å². The van der Waals surface area contributed by atoms with Gasteiger partial charge in [0.1, 0.15) is 5.75 Å². The van der Waals surface area contributed by atoms with Crippen LogP contribution >= 0.6 is 22.6 Å². The van der Waals surface area contributed by atoms with Gasteiger partial charge in [0.15, 0.2) is 0 Å². The van der Waals surface area contributed by atoms with Crippen molar-refractivity contribution in [3.05, 3.63) is 59.7 Å². The highest BCUT2D eigenvalue weighted by Crippen LogP contribution is 2.38. The molecule has 1 fully saturated rings. The van der Waals surface area contributed by atoms with Gasteiger partial charge < -0.3 is 4.74 Å². The molecule has 2 aromatic carbocycles. The van der Waals surface area contributed by atoms with Crippen LogP contribution in [0.1, 0.15) is 30.0 Å². The molecule has 2 atom stereocenters. The van der Waals surface area contributed by atoms with E-state index in [1.54, 1.807) is 23.5 Å². The van der Waals surface area contributed by atoms with Crippen molar-refractivity contribution in [1.29, 1.82) is 0 Å². The number of hydrogen-bond donors (Lipinski definition) is 0. The molecule has 3 rings (SSSR count). The van der Waals surface area contributed by atoms with Crippen molar-refractivity contribution in [3.8, 4) is 5.75 Å². The third kappa shape index (κ3) is 4.01. The molecule has 1 heterocycles.